The van der Waals surface area contributed by atoms with Gasteiger partial charge in [-0.3, -0.25) is 4.79 Å². The number of rotatable bonds is 4. The Kier molecular flexibility index (Phi) is 4.14. The molecule has 20 heavy (non-hydrogen) atoms. The molecule has 5 heteroatoms. The molecule has 1 aliphatic rings. The van der Waals surface area contributed by atoms with Crippen molar-refractivity contribution < 1.29 is 19.0 Å². The molecule has 0 bridgehead atoms. The molecular weight excluding hydrogens is 258 g/mol. The molecule has 0 heterocycles. The van der Waals surface area contributed by atoms with E-state index >= 15 is 0 Å². The number of esters is 1. The van der Waals surface area contributed by atoms with Gasteiger partial charge in [0.15, 0.2) is 11.5 Å². The van der Waals surface area contributed by atoms with E-state index in [4.69, 9.17) is 14.2 Å². The van der Waals surface area contributed by atoms with Gasteiger partial charge in [0.2, 0.25) is 0 Å². The highest BCUT2D eigenvalue weighted by Crippen LogP contribution is 2.46. The quantitative estimate of drug-likeness (QED) is 0.789. The van der Waals surface area contributed by atoms with E-state index in [9.17, 15) is 10.1 Å². The summed E-state index contributed by atoms with van der Waals surface area (Å²) < 4.78 is 15.6. The number of ether oxygens (including phenoxy) is 3. The predicted octanol–water partition coefficient (Wildman–Crippen LogP) is 2.36. The second-order valence-corrected chi connectivity index (χ2v) is 4.56. The van der Waals surface area contributed by atoms with Crippen LogP contribution in [-0.4, -0.2) is 26.8 Å². The van der Waals surface area contributed by atoms with E-state index < -0.39 is 5.92 Å². The first kappa shape index (κ1) is 14.2. The van der Waals surface area contributed by atoms with Gasteiger partial charge in [0.05, 0.1) is 38.7 Å². The molecule has 0 saturated heterocycles. The average molecular weight is 275 g/mol. The molecule has 0 fully saturated rings. The molecule has 106 valence electrons. The highest BCUT2D eigenvalue weighted by molar-refractivity contribution is 5.81. The number of methoxy groups -OCH3 is 2. The van der Waals surface area contributed by atoms with Crippen molar-refractivity contribution in [1.82, 2.24) is 0 Å². The summed E-state index contributed by atoms with van der Waals surface area (Å²) >= 11 is 0. The number of hydrogen-bond donors (Lipinski definition) is 0. The third kappa shape index (κ3) is 2.29. The maximum Gasteiger partial charge on any atom is 0.313 e. The van der Waals surface area contributed by atoms with Gasteiger partial charge in [-0.2, -0.15) is 5.26 Å². The molecule has 1 aromatic rings. The molecule has 0 spiro atoms. The van der Waals surface area contributed by atoms with Gasteiger partial charge in [-0.15, -0.1) is 0 Å². The van der Waals surface area contributed by atoms with Crippen molar-refractivity contribution in [2.45, 2.75) is 25.2 Å². The Morgan fingerprint density at radius 3 is 2.40 bits per heavy atom. The van der Waals surface area contributed by atoms with Crippen molar-refractivity contribution in [3.63, 3.8) is 0 Å². The van der Waals surface area contributed by atoms with Crippen LogP contribution in [0.3, 0.4) is 0 Å². The first-order valence-corrected chi connectivity index (χ1v) is 6.48. The van der Waals surface area contributed by atoms with Crippen LogP contribution in [0.25, 0.3) is 0 Å². The van der Waals surface area contributed by atoms with Crippen molar-refractivity contribution in [3.8, 4) is 17.6 Å². The number of nitriles is 1. The number of carbonyl (C=O) groups excluding carboxylic acids is 1. The van der Waals surface area contributed by atoms with E-state index in [-0.39, 0.29) is 11.9 Å². The van der Waals surface area contributed by atoms with Gasteiger partial charge in [-0.1, -0.05) is 0 Å². The molecule has 2 unspecified atom stereocenters. The number of hydrogen-bond acceptors (Lipinski definition) is 5. The molecular formula is C15H17NO4. The summed E-state index contributed by atoms with van der Waals surface area (Å²) in [6.07, 6.45) is 0.445. The van der Waals surface area contributed by atoms with Crippen molar-refractivity contribution in [1.29, 1.82) is 5.26 Å². The predicted molar refractivity (Wildman–Crippen MR) is 71.9 cm³/mol. The SMILES string of the molecule is CCOC(=O)C1CC(C#N)c2cc(OC)c(OC)cc21. The van der Waals surface area contributed by atoms with Crippen LogP contribution in [0.5, 0.6) is 11.5 Å². The lowest BCUT2D eigenvalue weighted by atomic mass is 10.0. The lowest BCUT2D eigenvalue weighted by Gasteiger charge is -2.13. The largest absolute Gasteiger partial charge is 0.493 e. The minimum Gasteiger partial charge on any atom is -0.493 e. The zero-order valence-electron chi connectivity index (χ0n) is 11.8. The Labute approximate surface area is 118 Å². The zero-order valence-corrected chi connectivity index (χ0v) is 11.8. The molecule has 0 saturated carbocycles. The fourth-order valence-electron chi connectivity index (χ4n) is 2.59. The summed E-state index contributed by atoms with van der Waals surface area (Å²) in [5.74, 6) is 0.0995. The monoisotopic (exact) mass is 275 g/mol. The summed E-state index contributed by atoms with van der Waals surface area (Å²) in [6, 6.07) is 5.78. The number of fused-ring (bicyclic) bond motifs is 1. The van der Waals surface area contributed by atoms with Crippen molar-refractivity contribution >= 4 is 5.97 Å². The van der Waals surface area contributed by atoms with Gasteiger partial charge in [-0.25, -0.2) is 0 Å². The van der Waals surface area contributed by atoms with Gasteiger partial charge >= 0.3 is 5.97 Å². The average Bonchev–Trinajstić information content (AvgIpc) is 2.83. The van der Waals surface area contributed by atoms with Crippen LogP contribution >= 0.6 is 0 Å². The minimum absolute atomic E-state index is 0.293. The smallest absolute Gasteiger partial charge is 0.313 e. The molecule has 2 rings (SSSR count). The standard InChI is InChI=1S/C15H17NO4/c1-4-20-15(17)12-5-9(8-16)10-6-13(18-2)14(19-3)7-11(10)12/h6-7,9,12H,4-5H2,1-3H3. The van der Waals surface area contributed by atoms with Crippen LogP contribution in [0, 0.1) is 11.3 Å². The van der Waals surface area contributed by atoms with E-state index in [1.165, 1.54) is 0 Å². The molecule has 5 nitrogen and oxygen atoms in total. The molecule has 0 aliphatic heterocycles. The summed E-state index contributed by atoms with van der Waals surface area (Å²) in [5, 5.41) is 9.26. The third-order valence-corrected chi connectivity index (χ3v) is 3.54. The number of nitrogens with zero attached hydrogens (tertiary/aromatic N) is 1. The summed E-state index contributed by atoms with van der Waals surface area (Å²) in [7, 11) is 3.09. The second-order valence-electron chi connectivity index (χ2n) is 4.56. The molecule has 0 aromatic heterocycles. The molecule has 0 amide bonds. The van der Waals surface area contributed by atoms with Crippen LogP contribution in [0.1, 0.15) is 36.3 Å². The van der Waals surface area contributed by atoms with Crippen molar-refractivity contribution in [2.24, 2.45) is 0 Å². The van der Waals surface area contributed by atoms with E-state index in [0.717, 1.165) is 11.1 Å². The Hall–Kier alpha value is -2.22. The molecule has 1 aliphatic carbocycles. The van der Waals surface area contributed by atoms with Crippen LogP contribution < -0.4 is 9.47 Å². The number of benzene rings is 1. The first-order valence-electron chi connectivity index (χ1n) is 6.48. The Morgan fingerprint density at radius 2 is 1.90 bits per heavy atom. The van der Waals surface area contributed by atoms with Crippen LogP contribution in [0.4, 0.5) is 0 Å². The van der Waals surface area contributed by atoms with Gasteiger partial charge in [0, 0.05) is 0 Å². The van der Waals surface area contributed by atoms with Crippen molar-refractivity contribution in [2.75, 3.05) is 20.8 Å². The Balaban J connectivity index is 2.48. The Bertz CT molecular complexity index is 562. The fourth-order valence-corrected chi connectivity index (χ4v) is 2.59. The van der Waals surface area contributed by atoms with Gasteiger partial charge in [0.25, 0.3) is 0 Å². The summed E-state index contributed by atoms with van der Waals surface area (Å²) in [5.41, 5.74) is 1.62. The Morgan fingerprint density at radius 1 is 1.30 bits per heavy atom. The summed E-state index contributed by atoms with van der Waals surface area (Å²) in [6.45, 7) is 2.10. The minimum atomic E-state index is -0.408. The lowest BCUT2D eigenvalue weighted by Crippen LogP contribution is -2.13. The van der Waals surface area contributed by atoms with E-state index in [2.05, 4.69) is 6.07 Å². The molecule has 0 radical (unpaired) electrons. The second kappa shape index (κ2) is 5.83. The highest BCUT2D eigenvalue weighted by Gasteiger charge is 2.37. The van der Waals surface area contributed by atoms with Gasteiger partial charge < -0.3 is 14.2 Å². The van der Waals surface area contributed by atoms with Crippen LogP contribution in [-0.2, 0) is 9.53 Å². The maximum absolute atomic E-state index is 12.0. The van der Waals surface area contributed by atoms with Crippen LogP contribution in [0.15, 0.2) is 12.1 Å². The van der Waals surface area contributed by atoms with E-state index in [1.54, 1.807) is 33.3 Å². The van der Waals surface area contributed by atoms with E-state index in [1.807, 2.05) is 0 Å². The number of carbonyl (C=O) groups is 1. The third-order valence-electron chi connectivity index (χ3n) is 3.54. The highest BCUT2D eigenvalue weighted by atomic mass is 16.5. The molecule has 0 N–H and O–H groups in total. The lowest BCUT2D eigenvalue weighted by molar-refractivity contribution is -0.144. The molecule has 1 aromatic carbocycles. The van der Waals surface area contributed by atoms with E-state index in [0.29, 0.717) is 24.5 Å². The fraction of sp³-hybridized carbons (Fsp3) is 0.467. The van der Waals surface area contributed by atoms with Crippen LogP contribution in [0.2, 0.25) is 0 Å². The van der Waals surface area contributed by atoms with Gasteiger partial charge in [0.1, 0.15) is 0 Å². The maximum atomic E-state index is 12.0. The van der Waals surface area contributed by atoms with Crippen molar-refractivity contribution in [3.05, 3.63) is 23.3 Å². The topological polar surface area (TPSA) is 68.6 Å². The zero-order chi connectivity index (χ0) is 14.7. The molecule has 2 atom stereocenters. The first-order chi connectivity index (χ1) is 9.65. The summed E-state index contributed by atoms with van der Waals surface area (Å²) in [4.78, 5) is 12.0. The van der Waals surface area contributed by atoms with Gasteiger partial charge in [-0.05, 0) is 36.6 Å². The normalized spacial score (nSPS) is 19.9.